The van der Waals surface area contributed by atoms with Crippen LogP contribution >= 0.6 is 0 Å². The lowest BCUT2D eigenvalue weighted by atomic mass is 9.81. The van der Waals surface area contributed by atoms with E-state index in [1.165, 1.54) is 6.42 Å². The summed E-state index contributed by atoms with van der Waals surface area (Å²) < 4.78 is 11.5. The number of hydrogen-bond acceptors (Lipinski definition) is 3. The molecule has 1 amide bonds. The van der Waals surface area contributed by atoms with Crippen molar-refractivity contribution in [1.82, 2.24) is 5.32 Å². The van der Waals surface area contributed by atoms with Crippen LogP contribution in [0.3, 0.4) is 0 Å². The normalized spacial score (nSPS) is 21.8. The van der Waals surface area contributed by atoms with Gasteiger partial charge < -0.3 is 14.8 Å². The Morgan fingerprint density at radius 2 is 1.70 bits per heavy atom. The van der Waals surface area contributed by atoms with Gasteiger partial charge in [0, 0.05) is 25.7 Å². The number of carbonyl (C=O) groups is 1. The molecule has 1 aliphatic rings. The number of rotatable bonds is 9. The van der Waals surface area contributed by atoms with Crippen LogP contribution < -0.4 is 5.32 Å². The molecule has 1 N–H and O–H groups in total. The van der Waals surface area contributed by atoms with Crippen molar-refractivity contribution in [3.05, 3.63) is 0 Å². The van der Waals surface area contributed by atoms with Crippen molar-refractivity contribution >= 4 is 5.91 Å². The lowest BCUT2D eigenvalue weighted by molar-refractivity contribution is -0.134. The van der Waals surface area contributed by atoms with Gasteiger partial charge in [-0.05, 0) is 58.3 Å². The summed E-state index contributed by atoms with van der Waals surface area (Å²) in [6, 6.07) is 0. The van der Waals surface area contributed by atoms with E-state index in [1.807, 2.05) is 20.8 Å². The first-order valence-corrected chi connectivity index (χ1v) is 9.10. The molecule has 0 aromatic heterocycles. The van der Waals surface area contributed by atoms with Crippen molar-refractivity contribution in [3.8, 4) is 0 Å². The van der Waals surface area contributed by atoms with Crippen LogP contribution in [0.2, 0.25) is 0 Å². The van der Waals surface area contributed by atoms with Gasteiger partial charge in [0.2, 0.25) is 5.91 Å². The molecule has 4 nitrogen and oxygen atoms in total. The molecule has 4 heteroatoms. The van der Waals surface area contributed by atoms with Crippen LogP contribution in [-0.2, 0) is 14.3 Å². The molecule has 0 radical (unpaired) electrons. The van der Waals surface area contributed by atoms with Gasteiger partial charge in [-0.15, -0.1) is 0 Å². The minimum atomic E-state index is -0.102. The van der Waals surface area contributed by atoms with Crippen molar-refractivity contribution in [3.63, 3.8) is 0 Å². The highest BCUT2D eigenvalue weighted by Gasteiger charge is 2.34. The van der Waals surface area contributed by atoms with E-state index in [2.05, 4.69) is 26.1 Å². The lowest BCUT2D eigenvalue weighted by Gasteiger charge is -2.34. The molecule has 0 atom stereocenters. The third-order valence-electron chi connectivity index (χ3n) is 4.05. The molecule has 0 aromatic carbocycles. The average molecular weight is 328 g/mol. The number of hydrogen-bond donors (Lipinski definition) is 1. The van der Waals surface area contributed by atoms with E-state index in [0.29, 0.717) is 18.6 Å². The van der Waals surface area contributed by atoms with E-state index in [-0.39, 0.29) is 23.5 Å². The van der Waals surface area contributed by atoms with Crippen molar-refractivity contribution in [2.24, 2.45) is 11.3 Å². The molecular formula is C19H37NO3. The summed E-state index contributed by atoms with van der Waals surface area (Å²) in [6.07, 6.45) is 5.18. The molecule has 1 rings (SSSR count). The van der Waals surface area contributed by atoms with Gasteiger partial charge in [-0.1, -0.05) is 20.8 Å². The van der Waals surface area contributed by atoms with Gasteiger partial charge in [0.05, 0.1) is 11.7 Å². The predicted octanol–water partition coefficient (Wildman–Crippen LogP) is 3.93. The summed E-state index contributed by atoms with van der Waals surface area (Å²) in [7, 11) is 0. The zero-order valence-electron chi connectivity index (χ0n) is 16.0. The maximum atomic E-state index is 12.0. The summed E-state index contributed by atoms with van der Waals surface area (Å²) >= 11 is 0. The van der Waals surface area contributed by atoms with Crippen molar-refractivity contribution in [2.45, 2.75) is 85.4 Å². The van der Waals surface area contributed by atoms with E-state index in [4.69, 9.17) is 9.47 Å². The van der Waals surface area contributed by atoms with E-state index in [1.54, 1.807) is 0 Å². The Balaban J connectivity index is 1.98. The van der Waals surface area contributed by atoms with E-state index in [9.17, 15) is 4.79 Å². The summed E-state index contributed by atoms with van der Waals surface area (Å²) in [5.74, 6) is 0.321. The molecule has 0 heterocycles. The molecule has 23 heavy (non-hydrogen) atoms. The monoisotopic (exact) mass is 327 g/mol. The zero-order valence-corrected chi connectivity index (χ0v) is 16.0. The second kappa shape index (κ2) is 9.03. The zero-order chi connectivity index (χ0) is 17.5. The first-order chi connectivity index (χ1) is 10.6. The van der Waals surface area contributed by atoms with Crippen LogP contribution in [-0.4, -0.2) is 37.4 Å². The largest absolute Gasteiger partial charge is 0.378 e. The first kappa shape index (κ1) is 20.4. The maximum absolute atomic E-state index is 12.0. The summed E-state index contributed by atoms with van der Waals surface area (Å²) in [4.78, 5) is 12.0. The molecule has 136 valence electrons. The van der Waals surface area contributed by atoms with Gasteiger partial charge in [0.1, 0.15) is 0 Å². The second-order valence-corrected chi connectivity index (χ2v) is 8.93. The molecular weight excluding hydrogens is 290 g/mol. The summed E-state index contributed by atoms with van der Waals surface area (Å²) in [5, 5.41) is 3.00. The molecule has 0 saturated heterocycles. The third-order valence-corrected chi connectivity index (χ3v) is 4.05. The fourth-order valence-corrected chi connectivity index (χ4v) is 2.57. The average Bonchev–Trinajstić information content (AvgIpc) is 2.32. The quantitative estimate of drug-likeness (QED) is 0.653. The highest BCUT2D eigenvalue weighted by atomic mass is 16.5. The number of amides is 1. The van der Waals surface area contributed by atoms with Gasteiger partial charge in [0.15, 0.2) is 0 Å². The fourth-order valence-electron chi connectivity index (χ4n) is 2.57. The van der Waals surface area contributed by atoms with Gasteiger partial charge in [-0.25, -0.2) is 0 Å². The standard InChI is InChI=1S/C19H37NO3/c1-18(2,3)9-7-11-22-16-13-15(14-16)17(21)20-10-8-12-23-19(4,5)6/h15-16H,7-14H2,1-6H3,(H,20,21)/t15-,16+. The molecule has 0 bridgehead atoms. The Bertz CT molecular complexity index is 349. The Kier molecular flexibility index (Phi) is 8.02. The molecule has 1 fully saturated rings. The van der Waals surface area contributed by atoms with Crippen LogP contribution in [0.4, 0.5) is 0 Å². The first-order valence-electron chi connectivity index (χ1n) is 9.10. The smallest absolute Gasteiger partial charge is 0.223 e. The van der Waals surface area contributed by atoms with Crippen LogP contribution in [0.25, 0.3) is 0 Å². The third kappa shape index (κ3) is 9.98. The van der Waals surface area contributed by atoms with Crippen molar-refractivity contribution < 1.29 is 14.3 Å². The highest BCUT2D eigenvalue weighted by Crippen LogP contribution is 2.30. The van der Waals surface area contributed by atoms with Crippen LogP contribution in [0.1, 0.15) is 73.6 Å². The SMILES string of the molecule is CC(C)(C)CCCO[C@H]1C[C@@H](C(=O)NCCCOC(C)(C)C)C1. The Hall–Kier alpha value is -0.610. The Morgan fingerprint density at radius 3 is 2.26 bits per heavy atom. The predicted molar refractivity (Wildman–Crippen MR) is 94.5 cm³/mol. The summed E-state index contributed by atoms with van der Waals surface area (Å²) in [5.41, 5.74) is 0.275. The molecule has 0 aromatic rings. The summed E-state index contributed by atoms with van der Waals surface area (Å²) in [6.45, 7) is 15.1. The molecule has 0 unspecified atom stereocenters. The lowest BCUT2D eigenvalue weighted by Crippen LogP contribution is -2.42. The number of nitrogens with one attached hydrogen (secondary N) is 1. The molecule has 1 aliphatic carbocycles. The van der Waals surface area contributed by atoms with Gasteiger partial charge in [0.25, 0.3) is 0 Å². The molecule has 0 spiro atoms. The maximum Gasteiger partial charge on any atom is 0.223 e. The van der Waals surface area contributed by atoms with E-state index in [0.717, 1.165) is 32.3 Å². The van der Waals surface area contributed by atoms with Gasteiger partial charge in [-0.3, -0.25) is 4.79 Å². The fraction of sp³-hybridized carbons (Fsp3) is 0.947. The van der Waals surface area contributed by atoms with Gasteiger partial charge >= 0.3 is 0 Å². The molecule has 1 saturated carbocycles. The minimum Gasteiger partial charge on any atom is -0.378 e. The Labute approximate surface area is 142 Å². The van der Waals surface area contributed by atoms with Crippen molar-refractivity contribution in [2.75, 3.05) is 19.8 Å². The minimum absolute atomic E-state index is 0.102. The van der Waals surface area contributed by atoms with E-state index >= 15 is 0 Å². The van der Waals surface area contributed by atoms with Crippen LogP contribution in [0, 0.1) is 11.3 Å². The topological polar surface area (TPSA) is 47.6 Å². The Morgan fingerprint density at radius 1 is 1.04 bits per heavy atom. The second-order valence-electron chi connectivity index (χ2n) is 8.93. The highest BCUT2D eigenvalue weighted by molar-refractivity contribution is 5.79. The van der Waals surface area contributed by atoms with Crippen LogP contribution in [0.15, 0.2) is 0 Å². The van der Waals surface area contributed by atoms with Gasteiger partial charge in [-0.2, -0.15) is 0 Å². The van der Waals surface area contributed by atoms with Crippen molar-refractivity contribution in [1.29, 1.82) is 0 Å². The molecule has 0 aliphatic heterocycles. The number of carbonyl (C=O) groups excluding carboxylic acids is 1. The number of ether oxygens (including phenoxy) is 2. The van der Waals surface area contributed by atoms with Crippen LogP contribution in [0.5, 0.6) is 0 Å². The van der Waals surface area contributed by atoms with E-state index < -0.39 is 0 Å².